The van der Waals surface area contributed by atoms with Crippen molar-refractivity contribution in [1.82, 2.24) is 4.98 Å². The van der Waals surface area contributed by atoms with Crippen LogP contribution in [-0.2, 0) is 0 Å². The maximum atomic E-state index is 10.1. The fraction of sp³-hybridized carbons (Fsp3) is 0. The molecule has 0 bridgehead atoms. The van der Waals surface area contributed by atoms with Crippen LogP contribution in [0.4, 0.5) is 0 Å². The molecular formula is C16H8Br2N2OS. The Morgan fingerprint density at radius 2 is 2.05 bits per heavy atom. The van der Waals surface area contributed by atoms with Gasteiger partial charge >= 0.3 is 0 Å². The quantitative estimate of drug-likeness (QED) is 0.533. The molecule has 3 nitrogen and oxygen atoms in total. The summed E-state index contributed by atoms with van der Waals surface area (Å²) in [6, 6.07) is 13.4. The summed E-state index contributed by atoms with van der Waals surface area (Å²) in [5, 5.41) is 20.2. The van der Waals surface area contributed by atoms with Gasteiger partial charge in [-0.1, -0.05) is 28.1 Å². The third-order valence-corrected chi connectivity index (χ3v) is 5.13. The Hall–Kier alpha value is -1.68. The number of fused-ring (bicyclic) bond motifs is 1. The molecule has 108 valence electrons. The van der Waals surface area contributed by atoms with Crippen molar-refractivity contribution in [3.63, 3.8) is 0 Å². The molecule has 1 aromatic heterocycles. The van der Waals surface area contributed by atoms with Crippen LogP contribution in [0.15, 0.2) is 45.3 Å². The van der Waals surface area contributed by atoms with Gasteiger partial charge in [-0.3, -0.25) is 0 Å². The molecule has 0 aliphatic rings. The molecule has 0 aliphatic heterocycles. The van der Waals surface area contributed by atoms with Gasteiger partial charge in [0.15, 0.2) is 0 Å². The Balaban J connectivity index is 2.13. The molecule has 0 radical (unpaired) electrons. The second-order valence-corrected chi connectivity index (χ2v) is 7.28. The standard InChI is InChI=1S/C16H8Br2N2OS/c17-11-6-9(15(21)12(18)7-11)5-10(8-19)16-20-13-3-1-2-4-14(13)22-16/h1-7,21H. The predicted octanol–water partition coefficient (Wildman–Crippen LogP) is 5.59. The number of rotatable bonds is 2. The lowest BCUT2D eigenvalue weighted by molar-refractivity contribution is 0.470. The molecule has 0 atom stereocenters. The third-order valence-electron chi connectivity index (χ3n) is 3.00. The van der Waals surface area contributed by atoms with E-state index in [9.17, 15) is 10.4 Å². The number of benzene rings is 2. The minimum absolute atomic E-state index is 0.0945. The summed E-state index contributed by atoms with van der Waals surface area (Å²) in [4.78, 5) is 4.48. The van der Waals surface area contributed by atoms with Crippen molar-refractivity contribution >= 4 is 65.1 Å². The summed E-state index contributed by atoms with van der Waals surface area (Å²) >= 11 is 8.12. The average molecular weight is 436 g/mol. The van der Waals surface area contributed by atoms with Crippen LogP contribution >= 0.6 is 43.2 Å². The zero-order valence-corrected chi connectivity index (χ0v) is 15.0. The molecule has 0 saturated carbocycles. The van der Waals surface area contributed by atoms with Crippen LogP contribution in [0.2, 0.25) is 0 Å². The summed E-state index contributed by atoms with van der Waals surface area (Å²) in [6.45, 7) is 0. The van der Waals surface area contributed by atoms with Crippen LogP contribution in [0, 0.1) is 11.3 Å². The molecule has 0 fully saturated rings. The van der Waals surface area contributed by atoms with Gasteiger partial charge < -0.3 is 5.11 Å². The van der Waals surface area contributed by atoms with Crippen molar-refractivity contribution in [2.24, 2.45) is 0 Å². The van der Waals surface area contributed by atoms with Crippen molar-refractivity contribution in [3.8, 4) is 11.8 Å². The summed E-state index contributed by atoms with van der Waals surface area (Å²) < 4.78 is 2.40. The van der Waals surface area contributed by atoms with Crippen LogP contribution in [0.5, 0.6) is 5.75 Å². The highest BCUT2D eigenvalue weighted by atomic mass is 79.9. The number of para-hydroxylation sites is 1. The molecule has 0 aliphatic carbocycles. The van der Waals surface area contributed by atoms with Gasteiger partial charge in [0.05, 0.1) is 20.3 Å². The van der Waals surface area contributed by atoms with Crippen LogP contribution in [0.3, 0.4) is 0 Å². The molecule has 3 aromatic rings. The van der Waals surface area contributed by atoms with E-state index in [1.165, 1.54) is 11.3 Å². The Morgan fingerprint density at radius 3 is 2.77 bits per heavy atom. The molecule has 2 aromatic carbocycles. The summed E-state index contributed by atoms with van der Waals surface area (Å²) in [5.41, 5.74) is 1.84. The highest BCUT2D eigenvalue weighted by molar-refractivity contribution is 9.11. The highest BCUT2D eigenvalue weighted by Gasteiger charge is 2.11. The Kier molecular flexibility index (Phi) is 4.30. The molecule has 0 amide bonds. The number of phenolic OH excluding ortho intramolecular Hbond substituents is 1. The molecular weight excluding hydrogens is 428 g/mol. The minimum atomic E-state index is 0.0945. The topological polar surface area (TPSA) is 56.9 Å². The number of nitriles is 1. The van der Waals surface area contributed by atoms with E-state index in [4.69, 9.17) is 0 Å². The predicted molar refractivity (Wildman–Crippen MR) is 96.6 cm³/mol. The van der Waals surface area contributed by atoms with E-state index in [1.807, 2.05) is 24.3 Å². The summed E-state index contributed by atoms with van der Waals surface area (Å²) in [5.74, 6) is 0.0945. The maximum Gasteiger partial charge on any atom is 0.137 e. The number of thiazole rings is 1. The van der Waals surface area contributed by atoms with E-state index in [0.29, 0.717) is 20.6 Å². The molecule has 1 heterocycles. The van der Waals surface area contributed by atoms with Crippen molar-refractivity contribution in [2.75, 3.05) is 0 Å². The van der Waals surface area contributed by atoms with Crippen LogP contribution in [0.1, 0.15) is 10.6 Å². The normalized spacial score (nSPS) is 11.6. The van der Waals surface area contributed by atoms with Gasteiger partial charge in [0.1, 0.15) is 16.8 Å². The van der Waals surface area contributed by atoms with Gasteiger partial charge in [0.25, 0.3) is 0 Å². The van der Waals surface area contributed by atoms with Crippen molar-refractivity contribution in [2.45, 2.75) is 0 Å². The number of nitrogens with zero attached hydrogens (tertiary/aromatic N) is 2. The lowest BCUT2D eigenvalue weighted by Gasteiger charge is -2.03. The number of hydrogen-bond donors (Lipinski definition) is 1. The second kappa shape index (κ2) is 6.21. The monoisotopic (exact) mass is 434 g/mol. The summed E-state index contributed by atoms with van der Waals surface area (Å²) in [7, 11) is 0. The maximum absolute atomic E-state index is 10.1. The highest BCUT2D eigenvalue weighted by Crippen LogP contribution is 2.35. The number of phenols is 1. The first-order valence-corrected chi connectivity index (χ1v) is 8.64. The van der Waals surface area contributed by atoms with E-state index >= 15 is 0 Å². The zero-order chi connectivity index (χ0) is 15.7. The van der Waals surface area contributed by atoms with Gasteiger partial charge in [-0.25, -0.2) is 4.98 Å². The van der Waals surface area contributed by atoms with Gasteiger partial charge in [0.2, 0.25) is 0 Å². The zero-order valence-electron chi connectivity index (χ0n) is 11.0. The second-order valence-electron chi connectivity index (χ2n) is 4.48. The fourth-order valence-corrected chi connectivity index (χ4v) is 4.17. The number of allylic oxidation sites excluding steroid dienone is 1. The van der Waals surface area contributed by atoms with E-state index in [1.54, 1.807) is 18.2 Å². The van der Waals surface area contributed by atoms with Crippen molar-refractivity contribution in [1.29, 1.82) is 5.26 Å². The van der Waals surface area contributed by atoms with Gasteiger partial charge in [0, 0.05) is 10.0 Å². The largest absolute Gasteiger partial charge is 0.506 e. The lowest BCUT2D eigenvalue weighted by Crippen LogP contribution is -1.83. The van der Waals surface area contributed by atoms with Crippen LogP contribution in [0.25, 0.3) is 21.9 Å². The first-order chi connectivity index (χ1) is 10.6. The lowest BCUT2D eigenvalue weighted by atomic mass is 10.1. The Bertz CT molecular complexity index is 908. The van der Waals surface area contributed by atoms with Gasteiger partial charge in [-0.15, -0.1) is 11.3 Å². The first kappa shape index (κ1) is 15.2. The van der Waals surface area contributed by atoms with Crippen LogP contribution in [-0.4, -0.2) is 10.1 Å². The third kappa shape index (κ3) is 2.93. The first-order valence-electron chi connectivity index (χ1n) is 6.24. The van der Waals surface area contributed by atoms with Crippen LogP contribution < -0.4 is 0 Å². The number of aromatic nitrogens is 1. The summed E-state index contributed by atoms with van der Waals surface area (Å²) in [6.07, 6.45) is 1.64. The van der Waals surface area contributed by atoms with E-state index in [-0.39, 0.29) is 5.75 Å². The smallest absolute Gasteiger partial charge is 0.137 e. The van der Waals surface area contributed by atoms with Crippen molar-refractivity contribution < 1.29 is 5.11 Å². The fourth-order valence-electron chi connectivity index (χ4n) is 1.98. The molecule has 0 spiro atoms. The van der Waals surface area contributed by atoms with E-state index < -0.39 is 0 Å². The van der Waals surface area contributed by atoms with Gasteiger partial charge in [-0.05, 0) is 46.3 Å². The van der Waals surface area contributed by atoms with E-state index in [0.717, 1.165) is 14.7 Å². The van der Waals surface area contributed by atoms with E-state index in [2.05, 4.69) is 42.9 Å². The molecule has 6 heteroatoms. The van der Waals surface area contributed by atoms with Gasteiger partial charge in [-0.2, -0.15) is 5.26 Å². The molecule has 0 saturated heterocycles. The average Bonchev–Trinajstić information content (AvgIpc) is 2.93. The minimum Gasteiger partial charge on any atom is -0.506 e. The molecule has 3 rings (SSSR count). The Morgan fingerprint density at radius 1 is 1.27 bits per heavy atom. The number of halogens is 2. The Labute approximate surface area is 147 Å². The SMILES string of the molecule is N#CC(=Cc1cc(Br)cc(Br)c1O)c1nc2ccccc2s1. The molecule has 0 unspecified atom stereocenters. The molecule has 22 heavy (non-hydrogen) atoms. The van der Waals surface area contributed by atoms with Crippen molar-refractivity contribution in [3.05, 3.63) is 55.9 Å². The molecule has 1 N–H and O–H groups in total. The number of aromatic hydroxyl groups is 1. The number of hydrogen-bond acceptors (Lipinski definition) is 4.